The molecular formula is C12H13NO4. The van der Waals surface area contributed by atoms with Crippen molar-refractivity contribution in [3.8, 4) is 0 Å². The van der Waals surface area contributed by atoms with Crippen LogP contribution in [0.5, 0.6) is 0 Å². The van der Waals surface area contributed by atoms with Crippen LogP contribution in [-0.4, -0.2) is 16.5 Å². The van der Waals surface area contributed by atoms with E-state index >= 15 is 0 Å². The number of benzene rings is 1. The number of Topliss-reactive ketones (excluding diaryl/α,β-unsaturated/α-hetero) is 2. The molecule has 1 unspecified atom stereocenters. The van der Waals surface area contributed by atoms with Gasteiger partial charge >= 0.3 is 0 Å². The lowest BCUT2D eigenvalue weighted by molar-refractivity contribution is -0.384. The van der Waals surface area contributed by atoms with Gasteiger partial charge in [0, 0.05) is 24.1 Å². The molecule has 1 rings (SSSR count). The molecule has 0 aliphatic heterocycles. The smallest absolute Gasteiger partial charge is 0.270 e. The maximum absolute atomic E-state index is 11.9. The van der Waals surface area contributed by atoms with E-state index in [2.05, 4.69) is 0 Å². The molecule has 0 bridgehead atoms. The zero-order valence-electron chi connectivity index (χ0n) is 9.67. The molecule has 5 nitrogen and oxygen atoms in total. The third-order valence-electron chi connectivity index (χ3n) is 2.57. The normalized spacial score (nSPS) is 11.9. The molecule has 1 aromatic carbocycles. The largest absolute Gasteiger partial charge is 0.299 e. The van der Waals surface area contributed by atoms with E-state index in [4.69, 9.17) is 0 Å². The van der Waals surface area contributed by atoms with Crippen LogP contribution in [0.1, 0.15) is 30.6 Å². The Morgan fingerprint density at radius 2 is 2.06 bits per heavy atom. The minimum Gasteiger partial charge on any atom is -0.299 e. The highest BCUT2D eigenvalue weighted by Crippen LogP contribution is 2.17. The first-order valence-electron chi connectivity index (χ1n) is 5.28. The van der Waals surface area contributed by atoms with Crippen molar-refractivity contribution in [3.63, 3.8) is 0 Å². The van der Waals surface area contributed by atoms with Crippen molar-refractivity contribution in [2.45, 2.75) is 20.3 Å². The number of ketones is 2. The van der Waals surface area contributed by atoms with E-state index in [0.717, 1.165) is 0 Å². The molecule has 0 saturated heterocycles. The van der Waals surface area contributed by atoms with Gasteiger partial charge in [-0.05, 0) is 6.92 Å². The summed E-state index contributed by atoms with van der Waals surface area (Å²) >= 11 is 0. The summed E-state index contributed by atoms with van der Waals surface area (Å²) in [6.45, 7) is 3.20. The second-order valence-corrected chi connectivity index (χ2v) is 3.71. The lowest BCUT2D eigenvalue weighted by atomic mass is 9.94. The minimum absolute atomic E-state index is 0.146. The van der Waals surface area contributed by atoms with Crippen molar-refractivity contribution in [1.82, 2.24) is 0 Å². The first kappa shape index (κ1) is 13.0. The molecule has 5 heteroatoms. The van der Waals surface area contributed by atoms with Gasteiger partial charge in [0.2, 0.25) is 0 Å². The molecule has 0 N–H and O–H groups in total. The van der Waals surface area contributed by atoms with Crippen LogP contribution in [0.3, 0.4) is 0 Å². The molecule has 0 radical (unpaired) electrons. The van der Waals surface area contributed by atoms with Crippen molar-refractivity contribution in [3.05, 3.63) is 39.9 Å². The predicted molar refractivity (Wildman–Crippen MR) is 61.9 cm³/mol. The summed E-state index contributed by atoms with van der Waals surface area (Å²) < 4.78 is 0. The zero-order chi connectivity index (χ0) is 13.0. The molecule has 1 aromatic rings. The second-order valence-electron chi connectivity index (χ2n) is 3.71. The minimum atomic E-state index is -0.748. The maximum atomic E-state index is 11.9. The Balaban J connectivity index is 3.00. The second kappa shape index (κ2) is 5.34. The number of hydrogen-bond acceptors (Lipinski definition) is 4. The fourth-order valence-corrected chi connectivity index (χ4v) is 1.48. The highest BCUT2D eigenvalue weighted by molar-refractivity contribution is 6.10. The van der Waals surface area contributed by atoms with Crippen LogP contribution in [0.25, 0.3) is 0 Å². The third-order valence-corrected chi connectivity index (χ3v) is 2.57. The number of rotatable bonds is 5. The summed E-state index contributed by atoms with van der Waals surface area (Å²) in [5.74, 6) is -1.29. The van der Waals surface area contributed by atoms with Gasteiger partial charge in [-0.3, -0.25) is 19.7 Å². The van der Waals surface area contributed by atoms with Crippen molar-refractivity contribution in [1.29, 1.82) is 0 Å². The molecule has 1 atom stereocenters. The lowest BCUT2D eigenvalue weighted by Crippen LogP contribution is -2.20. The summed E-state index contributed by atoms with van der Waals surface area (Å²) in [6, 6.07) is 5.42. The average molecular weight is 235 g/mol. The maximum Gasteiger partial charge on any atom is 0.270 e. The van der Waals surface area contributed by atoms with Gasteiger partial charge in [0.1, 0.15) is 5.78 Å². The molecule has 0 aliphatic rings. The van der Waals surface area contributed by atoms with Crippen LogP contribution in [0.4, 0.5) is 5.69 Å². The van der Waals surface area contributed by atoms with E-state index in [1.165, 1.54) is 31.2 Å². The number of nitro groups is 1. The summed E-state index contributed by atoms with van der Waals surface area (Å²) in [5.41, 5.74) is 0.0560. The van der Waals surface area contributed by atoms with Gasteiger partial charge in [-0.15, -0.1) is 0 Å². The van der Waals surface area contributed by atoms with Crippen molar-refractivity contribution in [2.75, 3.05) is 0 Å². The Morgan fingerprint density at radius 3 is 2.59 bits per heavy atom. The van der Waals surface area contributed by atoms with Crippen LogP contribution in [0.15, 0.2) is 24.3 Å². The quantitative estimate of drug-likeness (QED) is 0.340. The van der Waals surface area contributed by atoms with Gasteiger partial charge in [0.25, 0.3) is 5.69 Å². The number of carbonyl (C=O) groups excluding carboxylic acids is 2. The fourth-order valence-electron chi connectivity index (χ4n) is 1.48. The fraction of sp³-hybridized carbons (Fsp3) is 0.333. The highest BCUT2D eigenvalue weighted by atomic mass is 16.6. The molecule has 0 amide bonds. The monoisotopic (exact) mass is 235 g/mol. The summed E-state index contributed by atoms with van der Waals surface area (Å²) in [4.78, 5) is 33.3. The van der Waals surface area contributed by atoms with Gasteiger partial charge < -0.3 is 0 Å². The number of nitrogens with zero attached hydrogens (tertiary/aromatic N) is 1. The highest BCUT2D eigenvalue weighted by Gasteiger charge is 2.22. The standard InChI is InChI=1S/C12H13NO4/c1-3-11(14)8(2)12(15)9-5-4-6-10(7-9)13(16)17/h4-8H,3H2,1-2H3. The Labute approximate surface area is 98.6 Å². The van der Waals surface area contributed by atoms with E-state index < -0.39 is 10.8 Å². The van der Waals surface area contributed by atoms with Gasteiger partial charge in [0.05, 0.1) is 10.8 Å². The Morgan fingerprint density at radius 1 is 1.41 bits per heavy atom. The van der Waals surface area contributed by atoms with Crippen LogP contribution < -0.4 is 0 Å². The Hall–Kier alpha value is -2.04. The van der Waals surface area contributed by atoms with Crippen LogP contribution in [0.2, 0.25) is 0 Å². The molecular weight excluding hydrogens is 222 g/mol. The topological polar surface area (TPSA) is 77.3 Å². The molecule has 17 heavy (non-hydrogen) atoms. The number of nitro benzene ring substituents is 1. The van der Waals surface area contributed by atoms with Crippen molar-refractivity contribution in [2.24, 2.45) is 5.92 Å². The van der Waals surface area contributed by atoms with Gasteiger partial charge in [-0.2, -0.15) is 0 Å². The van der Waals surface area contributed by atoms with Gasteiger partial charge in [-0.25, -0.2) is 0 Å². The molecule has 0 saturated carbocycles. The summed E-state index contributed by atoms with van der Waals surface area (Å²) in [7, 11) is 0. The molecule has 0 fully saturated rings. The molecule has 0 aromatic heterocycles. The molecule has 0 heterocycles. The number of carbonyl (C=O) groups is 2. The SMILES string of the molecule is CCC(=O)C(C)C(=O)c1cccc([N+](=O)[O-])c1. The van der Waals surface area contributed by atoms with E-state index in [9.17, 15) is 19.7 Å². The number of non-ortho nitro benzene ring substituents is 1. The predicted octanol–water partition coefficient (Wildman–Crippen LogP) is 2.39. The first-order valence-corrected chi connectivity index (χ1v) is 5.28. The van der Waals surface area contributed by atoms with Crippen LogP contribution in [-0.2, 0) is 4.79 Å². The zero-order valence-corrected chi connectivity index (χ0v) is 9.67. The first-order chi connectivity index (χ1) is 7.97. The van der Waals surface area contributed by atoms with E-state index in [1.54, 1.807) is 6.92 Å². The van der Waals surface area contributed by atoms with Crippen LogP contribution in [0, 0.1) is 16.0 Å². The van der Waals surface area contributed by atoms with E-state index in [1.807, 2.05) is 0 Å². The third kappa shape index (κ3) is 2.96. The summed E-state index contributed by atoms with van der Waals surface area (Å²) in [6.07, 6.45) is 0.280. The number of hydrogen-bond donors (Lipinski definition) is 0. The van der Waals surface area contributed by atoms with Crippen molar-refractivity contribution >= 4 is 17.3 Å². The average Bonchev–Trinajstić information content (AvgIpc) is 2.36. The Bertz CT molecular complexity index is 467. The lowest BCUT2D eigenvalue weighted by Gasteiger charge is -2.07. The van der Waals surface area contributed by atoms with Gasteiger partial charge in [0.15, 0.2) is 5.78 Å². The molecule has 0 aliphatic carbocycles. The molecule has 90 valence electrons. The Kier molecular flexibility index (Phi) is 4.09. The van der Waals surface area contributed by atoms with Gasteiger partial charge in [-0.1, -0.05) is 19.1 Å². The summed E-state index contributed by atoms with van der Waals surface area (Å²) in [5, 5.41) is 10.6. The van der Waals surface area contributed by atoms with Crippen LogP contribution >= 0.6 is 0 Å². The van der Waals surface area contributed by atoms with E-state index in [-0.39, 0.29) is 29.2 Å². The van der Waals surface area contributed by atoms with E-state index in [0.29, 0.717) is 0 Å². The van der Waals surface area contributed by atoms with Crippen molar-refractivity contribution < 1.29 is 14.5 Å². The molecule has 0 spiro atoms.